The van der Waals surface area contributed by atoms with Gasteiger partial charge in [0.1, 0.15) is 0 Å². The number of hydrogen-bond donors (Lipinski definition) is 1. The highest BCUT2D eigenvalue weighted by molar-refractivity contribution is 5.80. The number of rotatable bonds is 6. The lowest BCUT2D eigenvalue weighted by molar-refractivity contribution is -0.149. The molecule has 1 fully saturated rings. The standard InChI is InChI=1S/C17H23NO3/c1-13(15-9-3-2-4-10-15)18-16(19)12-21-17(20)11-14-7-5-6-8-14/h2-4,9-10,13-14H,5-8,11-12H2,1H3,(H,18,19)/t13-/m1/s1. The highest BCUT2D eigenvalue weighted by Gasteiger charge is 2.20. The molecule has 0 saturated heterocycles. The van der Waals surface area contributed by atoms with Crippen LogP contribution in [0.25, 0.3) is 0 Å². The van der Waals surface area contributed by atoms with Crippen LogP contribution < -0.4 is 5.32 Å². The maximum atomic E-state index is 11.8. The van der Waals surface area contributed by atoms with Crippen molar-refractivity contribution in [2.24, 2.45) is 5.92 Å². The molecule has 1 aromatic carbocycles. The van der Waals surface area contributed by atoms with Crippen LogP contribution >= 0.6 is 0 Å². The summed E-state index contributed by atoms with van der Waals surface area (Å²) in [6, 6.07) is 9.61. The molecule has 0 unspecified atom stereocenters. The Bertz CT molecular complexity index is 466. The minimum Gasteiger partial charge on any atom is -0.456 e. The van der Waals surface area contributed by atoms with E-state index in [-0.39, 0.29) is 24.5 Å². The molecule has 1 amide bonds. The number of hydrogen-bond acceptors (Lipinski definition) is 3. The third-order valence-corrected chi connectivity index (χ3v) is 3.97. The molecule has 0 bridgehead atoms. The molecule has 1 aliphatic rings. The average Bonchev–Trinajstić information content (AvgIpc) is 2.99. The van der Waals surface area contributed by atoms with Gasteiger partial charge in [-0.3, -0.25) is 9.59 Å². The van der Waals surface area contributed by atoms with Crippen molar-refractivity contribution in [2.45, 2.75) is 45.1 Å². The number of amides is 1. The second kappa shape index (κ2) is 7.81. The lowest BCUT2D eigenvalue weighted by Gasteiger charge is -2.14. The Morgan fingerprint density at radius 2 is 1.90 bits per heavy atom. The average molecular weight is 289 g/mol. The van der Waals surface area contributed by atoms with Gasteiger partial charge in [-0.1, -0.05) is 43.2 Å². The van der Waals surface area contributed by atoms with Crippen molar-refractivity contribution < 1.29 is 14.3 Å². The minimum absolute atomic E-state index is 0.0905. The predicted octanol–water partition coefficient (Wildman–Crippen LogP) is 2.99. The van der Waals surface area contributed by atoms with Crippen LogP contribution in [-0.4, -0.2) is 18.5 Å². The summed E-state index contributed by atoms with van der Waals surface area (Å²) >= 11 is 0. The molecule has 2 rings (SSSR count). The third-order valence-electron chi connectivity index (χ3n) is 3.97. The SMILES string of the molecule is C[C@@H](NC(=O)COC(=O)CC1CCCC1)c1ccccc1. The molecule has 1 aliphatic carbocycles. The van der Waals surface area contributed by atoms with E-state index >= 15 is 0 Å². The van der Waals surface area contributed by atoms with Gasteiger partial charge in [0.25, 0.3) is 5.91 Å². The van der Waals surface area contributed by atoms with Crippen LogP contribution in [-0.2, 0) is 14.3 Å². The Morgan fingerprint density at radius 1 is 1.24 bits per heavy atom. The second-order valence-electron chi connectivity index (χ2n) is 5.72. The molecule has 21 heavy (non-hydrogen) atoms. The van der Waals surface area contributed by atoms with Crippen LogP contribution in [0, 0.1) is 5.92 Å². The van der Waals surface area contributed by atoms with Gasteiger partial charge in [0.05, 0.1) is 6.04 Å². The van der Waals surface area contributed by atoms with Crippen LogP contribution in [0.2, 0.25) is 0 Å². The van der Waals surface area contributed by atoms with E-state index in [0.717, 1.165) is 18.4 Å². The largest absolute Gasteiger partial charge is 0.456 e. The number of nitrogens with one attached hydrogen (secondary N) is 1. The van der Waals surface area contributed by atoms with Gasteiger partial charge in [0.15, 0.2) is 6.61 Å². The third kappa shape index (κ3) is 5.21. The Labute approximate surface area is 125 Å². The summed E-state index contributed by atoms with van der Waals surface area (Å²) in [6.07, 6.45) is 5.06. The van der Waals surface area contributed by atoms with E-state index in [1.54, 1.807) is 0 Å². The summed E-state index contributed by atoms with van der Waals surface area (Å²) in [7, 11) is 0. The number of benzene rings is 1. The van der Waals surface area contributed by atoms with Crippen molar-refractivity contribution in [2.75, 3.05) is 6.61 Å². The highest BCUT2D eigenvalue weighted by atomic mass is 16.5. The zero-order valence-electron chi connectivity index (χ0n) is 12.5. The topological polar surface area (TPSA) is 55.4 Å². The summed E-state index contributed by atoms with van der Waals surface area (Å²) in [4.78, 5) is 23.4. The molecule has 0 heterocycles. The van der Waals surface area contributed by atoms with E-state index in [1.807, 2.05) is 37.3 Å². The van der Waals surface area contributed by atoms with Crippen LogP contribution in [0.15, 0.2) is 30.3 Å². The van der Waals surface area contributed by atoms with Gasteiger partial charge in [-0.05, 0) is 31.2 Å². The number of esters is 1. The maximum absolute atomic E-state index is 11.8. The Morgan fingerprint density at radius 3 is 2.57 bits per heavy atom. The molecule has 1 atom stereocenters. The van der Waals surface area contributed by atoms with Gasteiger partial charge < -0.3 is 10.1 Å². The van der Waals surface area contributed by atoms with E-state index in [2.05, 4.69) is 5.32 Å². The first-order valence-corrected chi connectivity index (χ1v) is 7.65. The maximum Gasteiger partial charge on any atom is 0.306 e. The van der Waals surface area contributed by atoms with Gasteiger partial charge in [-0.2, -0.15) is 0 Å². The zero-order chi connectivity index (χ0) is 15.1. The molecule has 0 spiro atoms. The lowest BCUT2D eigenvalue weighted by Crippen LogP contribution is -2.31. The predicted molar refractivity (Wildman–Crippen MR) is 80.5 cm³/mol. The first-order valence-electron chi connectivity index (χ1n) is 7.65. The van der Waals surface area contributed by atoms with E-state index in [1.165, 1.54) is 12.8 Å². The monoisotopic (exact) mass is 289 g/mol. The first-order chi connectivity index (χ1) is 10.1. The lowest BCUT2D eigenvalue weighted by atomic mass is 10.0. The molecule has 4 nitrogen and oxygen atoms in total. The van der Waals surface area contributed by atoms with Crippen LogP contribution in [0.1, 0.15) is 50.6 Å². The second-order valence-corrected chi connectivity index (χ2v) is 5.72. The van der Waals surface area contributed by atoms with E-state index in [0.29, 0.717) is 12.3 Å². The molecule has 1 N–H and O–H groups in total. The Balaban J connectivity index is 1.68. The van der Waals surface area contributed by atoms with Crippen molar-refractivity contribution in [3.05, 3.63) is 35.9 Å². The van der Waals surface area contributed by atoms with Crippen LogP contribution in [0.4, 0.5) is 0 Å². The van der Waals surface area contributed by atoms with Crippen LogP contribution in [0.3, 0.4) is 0 Å². The molecule has 4 heteroatoms. The van der Waals surface area contributed by atoms with Gasteiger partial charge in [0, 0.05) is 6.42 Å². The normalized spacial score (nSPS) is 16.4. The molecular formula is C17H23NO3. The number of carbonyl (C=O) groups excluding carboxylic acids is 2. The van der Waals surface area contributed by atoms with Crippen molar-refractivity contribution in [3.8, 4) is 0 Å². The van der Waals surface area contributed by atoms with Gasteiger partial charge in [-0.25, -0.2) is 0 Å². The van der Waals surface area contributed by atoms with Crippen LogP contribution in [0.5, 0.6) is 0 Å². The summed E-state index contributed by atoms with van der Waals surface area (Å²) in [5.41, 5.74) is 1.03. The fraction of sp³-hybridized carbons (Fsp3) is 0.529. The van der Waals surface area contributed by atoms with Gasteiger partial charge >= 0.3 is 5.97 Å². The number of carbonyl (C=O) groups is 2. The van der Waals surface area contributed by atoms with Gasteiger partial charge in [-0.15, -0.1) is 0 Å². The number of ether oxygens (including phenoxy) is 1. The first kappa shape index (κ1) is 15.5. The minimum atomic E-state index is -0.260. The zero-order valence-corrected chi connectivity index (χ0v) is 12.5. The molecule has 0 radical (unpaired) electrons. The Hall–Kier alpha value is -1.84. The van der Waals surface area contributed by atoms with E-state index in [4.69, 9.17) is 4.74 Å². The summed E-state index contributed by atoms with van der Waals surface area (Å²) in [6.45, 7) is 1.72. The summed E-state index contributed by atoms with van der Waals surface area (Å²) in [5, 5.41) is 2.83. The quantitative estimate of drug-likeness (QED) is 0.819. The van der Waals surface area contributed by atoms with Crippen molar-refractivity contribution >= 4 is 11.9 Å². The van der Waals surface area contributed by atoms with Crippen molar-refractivity contribution in [1.82, 2.24) is 5.32 Å². The highest BCUT2D eigenvalue weighted by Crippen LogP contribution is 2.27. The molecule has 1 aromatic rings. The van der Waals surface area contributed by atoms with Gasteiger partial charge in [0.2, 0.25) is 0 Å². The fourth-order valence-corrected chi connectivity index (χ4v) is 2.76. The van der Waals surface area contributed by atoms with E-state index < -0.39 is 0 Å². The van der Waals surface area contributed by atoms with Crippen molar-refractivity contribution in [1.29, 1.82) is 0 Å². The van der Waals surface area contributed by atoms with Crippen molar-refractivity contribution in [3.63, 3.8) is 0 Å². The smallest absolute Gasteiger partial charge is 0.306 e. The van der Waals surface area contributed by atoms with E-state index in [9.17, 15) is 9.59 Å². The summed E-state index contributed by atoms with van der Waals surface area (Å²) in [5.74, 6) is -0.0701. The summed E-state index contributed by atoms with van der Waals surface area (Å²) < 4.78 is 5.05. The molecule has 0 aliphatic heterocycles. The molecule has 1 saturated carbocycles. The molecule has 114 valence electrons. The Kier molecular flexibility index (Phi) is 5.78. The molecular weight excluding hydrogens is 266 g/mol. The molecule has 0 aromatic heterocycles. The fourth-order valence-electron chi connectivity index (χ4n) is 2.76.